The summed E-state index contributed by atoms with van der Waals surface area (Å²) in [5.74, 6) is 0.524. The molecule has 0 saturated carbocycles. The van der Waals surface area contributed by atoms with Gasteiger partial charge in [-0.3, -0.25) is 4.79 Å². The van der Waals surface area contributed by atoms with Gasteiger partial charge in [0.2, 0.25) is 5.16 Å². The Balaban J connectivity index is 2.24. The summed E-state index contributed by atoms with van der Waals surface area (Å²) in [7, 11) is 0. The molecule has 0 aromatic carbocycles. The first-order valence-corrected chi connectivity index (χ1v) is 6.47. The number of aromatic nitrogens is 3. The van der Waals surface area contributed by atoms with Gasteiger partial charge < -0.3 is 10.5 Å². The lowest BCUT2D eigenvalue weighted by atomic mass is 10.1. The summed E-state index contributed by atoms with van der Waals surface area (Å²) in [6, 6.07) is -0.146. The van der Waals surface area contributed by atoms with Crippen molar-refractivity contribution in [1.29, 1.82) is 0 Å². The molecule has 6 nitrogen and oxygen atoms in total. The van der Waals surface area contributed by atoms with Crippen molar-refractivity contribution in [3.8, 4) is 0 Å². The molecule has 2 unspecified atom stereocenters. The molecule has 1 aliphatic rings. The Hall–Kier alpha value is -1.24. The Bertz CT molecular complexity index is 432. The van der Waals surface area contributed by atoms with Crippen LogP contribution in [-0.4, -0.2) is 37.2 Å². The Morgan fingerprint density at radius 3 is 2.88 bits per heavy atom. The molecule has 94 valence electrons. The maximum atomic E-state index is 11.0. The van der Waals surface area contributed by atoms with Gasteiger partial charge in [-0.15, -0.1) is 10.2 Å². The van der Waals surface area contributed by atoms with E-state index in [0.29, 0.717) is 11.1 Å². The highest BCUT2D eigenvalue weighted by Gasteiger charge is 2.34. The van der Waals surface area contributed by atoms with Crippen LogP contribution in [0.5, 0.6) is 0 Å². The van der Waals surface area contributed by atoms with E-state index in [1.54, 1.807) is 0 Å². The lowest BCUT2D eigenvalue weighted by Crippen LogP contribution is -2.43. The van der Waals surface area contributed by atoms with E-state index in [1.165, 1.54) is 11.8 Å². The van der Waals surface area contributed by atoms with Crippen molar-refractivity contribution >= 4 is 17.7 Å². The minimum atomic E-state index is -0.824. The van der Waals surface area contributed by atoms with Crippen molar-refractivity contribution in [3.63, 3.8) is 0 Å². The van der Waals surface area contributed by atoms with Crippen LogP contribution in [0.15, 0.2) is 5.16 Å². The normalized spacial score (nSPS) is 23.3. The van der Waals surface area contributed by atoms with Gasteiger partial charge in [0.1, 0.15) is 5.25 Å². The number of hydrogen-bond acceptors (Lipinski definition) is 5. The van der Waals surface area contributed by atoms with Crippen molar-refractivity contribution in [1.82, 2.24) is 14.9 Å². The highest BCUT2D eigenvalue weighted by atomic mass is 32.2. The summed E-state index contributed by atoms with van der Waals surface area (Å²) in [4.78, 5) is 11.0. The predicted molar refractivity (Wildman–Crippen MR) is 64.7 cm³/mol. The molecule has 0 fully saturated rings. The minimum absolute atomic E-state index is 0.146. The quantitative estimate of drug-likeness (QED) is 0.838. The van der Waals surface area contributed by atoms with Crippen LogP contribution in [0.25, 0.3) is 0 Å². The van der Waals surface area contributed by atoms with E-state index in [2.05, 4.69) is 29.5 Å². The first kappa shape index (κ1) is 12.2. The van der Waals surface area contributed by atoms with Gasteiger partial charge in [-0.05, 0) is 12.8 Å². The lowest BCUT2D eigenvalue weighted by molar-refractivity contribution is -0.136. The average Bonchev–Trinajstić information content (AvgIpc) is 2.59. The van der Waals surface area contributed by atoms with Crippen LogP contribution in [0.1, 0.15) is 26.6 Å². The largest absolute Gasteiger partial charge is 0.480 e. The molecule has 1 aliphatic heterocycles. The van der Waals surface area contributed by atoms with Gasteiger partial charge in [0, 0.05) is 6.42 Å². The molecule has 0 saturated heterocycles. The Labute approximate surface area is 104 Å². The smallest absolute Gasteiger partial charge is 0.319 e. The molecule has 0 amide bonds. The third kappa shape index (κ3) is 2.38. The number of carbonyl (C=O) groups is 1. The lowest BCUT2D eigenvalue weighted by Gasteiger charge is -2.28. The predicted octanol–water partition coefficient (Wildman–Crippen LogP) is 0.967. The molecule has 1 aromatic rings. The minimum Gasteiger partial charge on any atom is -0.480 e. The van der Waals surface area contributed by atoms with Crippen LogP contribution in [0.3, 0.4) is 0 Å². The second-order valence-corrected chi connectivity index (χ2v) is 5.74. The first-order valence-electron chi connectivity index (χ1n) is 5.59. The topological polar surface area (TPSA) is 80.0 Å². The van der Waals surface area contributed by atoms with Crippen LogP contribution in [0.2, 0.25) is 0 Å². The summed E-state index contributed by atoms with van der Waals surface area (Å²) in [6.07, 6.45) is 0.824. The fourth-order valence-corrected chi connectivity index (χ4v) is 2.70. The molecule has 0 bridgehead atoms. The summed E-state index contributed by atoms with van der Waals surface area (Å²) in [5, 5.41) is 17.3. The number of thioether (sulfide) groups is 1. The number of hydrogen-bond donors (Lipinski definition) is 2. The van der Waals surface area contributed by atoms with Crippen molar-refractivity contribution in [2.24, 2.45) is 5.92 Å². The Kier molecular flexibility index (Phi) is 3.28. The van der Waals surface area contributed by atoms with Crippen LogP contribution < -0.4 is 5.43 Å². The molecule has 2 atom stereocenters. The van der Waals surface area contributed by atoms with Gasteiger partial charge in [-0.1, -0.05) is 25.6 Å². The zero-order chi connectivity index (χ0) is 12.6. The Morgan fingerprint density at radius 1 is 1.59 bits per heavy atom. The van der Waals surface area contributed by atoms with E-state index in [0.717, 1.165) is 12.2 Å². The average molecular weight is 256 g/mol. The van der Waals surface area contributed by atoms with Crippen molar-refractivity contribution < 1.29 is 9.90 Å². The van der Waals surface area contributed by atoms with Gasteiger partial charge in [0.25, 0.3) is 0 Å². The van der Waals surface area contributed by atoms with Crippen molar-refractivity contribution in [2.75, 3.05) is 5.43 Å². The molecule has 17 heavy (non-hydrogen) atoms. The molecule has 2 rings (SSSR count). The third-order valence-electron chi connectivity index (χ3n) is 2.55. The number of rotatable bonds is 3. The number of carboxylic acids is 1. The van der Waals surface area contributed by atoms with Gasteiger partial charge in [-0.2, -0.15) is 0 Å². The number of nitrogens with zero attached hydrogens (tertiary/aromatic N) is 3. The van der Waals surface area contributed by atoms with Gasteiger partial charge in [0.15, 0.2) is 5.82 Å². The molecule has 2 heterocycles. The van der Waals surface area contributed by atoms with Gasteiger partial charge in [-0.25, -0.2) is 4.68 Å². The van der Waals surface area contributed by atoms with E-state index >= 15 is 0 Å². The van der Waals surface area contributed by atoms with E-state index in [4.69, 9.17) is 5.11 Å². The summed E-state index contributed by atoms with van der Waals surface area (Å²) >= 11 is 1.25. The van der Waals surface area contributed by atoms with Crippen LogP contribution in [0.4, 0.5) is 0 Å². The third-order valence-corrected chi connectivity index (χ3v) is 3.89. The van der Waals surface area contributed by atoms with E-state index in [9.17, 15) is 4.79 Å². The molecule has 0 radical (unpaired) electrons. The zero-order valence-corrected chi connectivity index (χ0v) is 10.9. The first-order chi connectivity index (χ1) is 7.99. The molecule has 0 aliphatic carbocycles. The second kappa shape index (κ2) is 4.56. The molecular weight excluding hydrogens is 240 g/mol. The standard InChI is InChI=1S/C10H16N4O2S/c1-5(2)4-7-11-12-10-14(7)13-6(3)8(17-10)9(15)16/h5-6,8,13H,4H2,1-3H3,(H,15,16). The van der Waals surface area contributed by atoms with Crippen molar-refractivity contribution in [2.45, 2.75) is 43.6 Å². The molecule has 2 N–H and O–H groups in total. The number of aliphatic carboxylic acids is 1. The van der Waals surface area contributed by atoms with Gasteiger partial charge in [0.05, 0.1) is 6.04 Å². The maximum absolute atomic E-state index is 11.0. The number of carboxylic acid groups (broad SMARTS) is 1. The SMILES string of the molecule is CC(C)Cc1nnc2n1NC(C)C(C(=O)O)S2. The molecule has 0 spiro atoms. The van der Waals surface area contributed by atoms with Crippen LogP contribution in [-0.2, 0) is 11.2 Å². The fourth-order valence-electron chi connectivity index (χ4n) is 1.75. The summed E-state index contributed by atoms with van der Waals surface area (Å²) in [6.45, 7) is 6.08. The van der Waals surface area contributed by atoms with Crippen molar-refractivity contribution in [3.05, 3.63) is 5.82 Å². The van der Waals surface area contributed by atoms with Crippen LogP contribution in [0, 0.1) is 5.92 Å². The summed E-state index contributed by atoms with van der Waals surface area (Å²) < 4.78 is 1.81. The second-order valence-electron chi connectivity index (χ2n) is 4.63. The van der Waals surface area contributed by atoms with E-state index < -0.39 is 11.2 Å². The highest BCUT2D eigenvalue weighted by Crippen LogP contribution is 2.29. The van der Waals surface area contributed by atoms with Crippen LogP contribution >= 0.6 is 11.8 Å². The summed E-state index contributed by atoms with van der Waals surface area (Å²) in [5.41, 5.74) is 3.14. The molecule has 7 heteroatoms. The van der Waals surface area contributed by atoms with E-state index in [1.807, 2.05) is 11.6 Å². The fraction of sp³-hybridized carbons (Fsp3) is 0.700. The van der Waals surface area contributed by atoms with E-state index in [-0.39, 0.29) is 6.04 Å². The molecular formula is C10H16N4O2S. The number of nitrogens with one attached hydrogen (secondary N) is 1. The number of fused-ring (bicyclic) bond motifs is 1. The monoisotopic (exact) mass is 256 g/mol. The zero-order valence-electron chi connectivity index (χ0n) is 10.0. The highest BCUT2D eigenvalue weighted by molar-refractivity contribution is 8.00. The maximum Gasteiger partial charge on any atom is 0.319 e. The molecule has 1 aromatic heterocycles. The van der Waals surface area contributed by atoms with Gasteiger partial charge >= 0.3 is 5.97 Å². The Morgan fingerprint density at radius 2 is 2.29 bits per heavy atom.